The third-order valence-corrected chi connectivity index (χ3v) is 5.50. The third kappa shape index (κ3) is 4.89. The van der Waals surface area contributed by atoms with Crippen LogP contribution in [-0.4, -0.2) is 32.1 Å². The van der Waals surface area contributed by atoms with Crippen molar-refractivity contribution < 1.29 is 9.53 Å². The summed E-state index contributed by atoms with van der Waals surface area (Å²) in [5, 5.41) is 6.41. The predicted octanol–water partition coefficient (Wildman–Crippen LogP) is 3.29. The van der Waals surface area contributed by atoms with Gasteiger partial charge in [0.25, 0.3) is 0 Å². The molecule has 1 aromatic carbocycles. The van der Waals surface area contributed by atoms with E-state index in [-0.39, 0.29) is 29.6 Å². The first-order valence-electron chi connectivity index (χ1n) is 9.13. The van der Waals surface area contributed by atoms with E-state index in [1.54, 1.807) is 0 Å². The van der Waals surface area contributed by atoms with Crippen molar-refractivity contribution in [3.8, 4) is 5.75 Å². The number of carbonyl (C=O) groups excluding carboxylic acids is 1. The summed E-state index contributed by atoms with van der Waals surface area (Å²) in [4.78, 5) is 12.3. The van der Waals surface area contributed by atoms with Crippen LogP contribution in [-0.2, 0) is 10.2 Å². The number of nitrogens with one attached hydrogen (secondary N) is 2. The lowest BCUT2D eigenvalue weighted by molar-refractivity contribution is -0.123. The van der Waals surface area contributed by atoms with Crippen molar-refractivity contribution in [2.24, 2.45) is 11.3 Å². The Morgan fingerprint density at radius 3 is 2.48 bits per heavy atom. The summed E-state index contributed by atoms with van der Waals surface area (Å²) < 4.78 is 5.74. The summed E-state index contributed by atoms with van der Waals surface area (Å²) in [6.07, 6.45) is 3.35. The van der Waals surface area contributed by atoms with E-state index in [2.05, 4.69) is 43.5 Å². The Balaban J connectivity index is 0.00000225. The fourth-order valence-corrected chi connectivity index (χ4v) is 3.71. The molecule has 2 N–H and O–H groups in total. The predicted molar refractivity (Wildman–Crippen MR) is 104 cm³/mol. The summed E-state index contributed by atoms with van der Waals surface area (Å²) >= 11 is 0. The van der Waals surface area contributed by atoms with Gasteiger partial charge in [-0.25, -0.2) is 0 Å². The number of rotatable bonds is 5. The molecule has 2 aliphatic rings. The smallest absolute Gasteiger partial charge is 0.223 e. The SMILES string of the molecule is CC(C)(C)c1ccc(OCCNC(=O)C2CC23CCNCC3)cc1.Cl. The van der Waals surface area contributed by atoms with E-state index in [0.717, 1.165) is 38.1 Å². The number of benzene rings is 1. The molecule has 5 heteroatoms. The molecule has 1 atom stereocenters. The zero-order valence-electron chi connectivity index (χ0n) is 15.6. The lowest BCUT2D eigenvalue weighted by Crippen LogP contribution is -2.35. The second-order valence-corrected chi connectivity index (χ2v) is 8.28. The highest BCUT2D eigenvalue weighted by atomic mass is 35.5. The lowest BCUT2D eigenvalue weighted by Gasteiger charge is -2.23. The molecule has 1 unspecified atom stereocenters. The van der Waals surface area contributed by atoms with Gasteiger partial charge in [0.05, 0.1) is 6.54 Å². The highest BCUT2D eigenvalue weighted by Crippen LogP contribution is 2.58. The number of ether oxygens (including phenoxy) is 1. The van der Waals surface area contributed by atoms with Crippen LogP contribution in [0.25, 0.3) is 0 Å². The largest absolute Gasteiger partial charge is 0.492 e. The normalized spacial score (nSPS) is 21.3. The lowest BCUT2D eigenvalue weighted by atomic mass is 9.87. The Morgan fingerprint density at radius 1 is 1.24 bits per heavy atom. The number of amides is 1. The van der Waals surface area contributed by atoms with E-state index in [0.29, 0.717) is 18.6 Å². The molecular formula is C20H31ClN2O2. The van der Waals surface area contributed by atoms with Gasteiger partial charge < -0.3 is 15.4 Å². The molecule has 1 heterocycles. The first-order chi connectivity index (χ1) is 11.4. The molecule has 1 amide bonds. The van der Waals surface area contributed by atoms with Crippen LogP contribution >= 0.6 is 12.4 Å². The van der Waals surface area contributed by atoms with Gasteiger partial charge in [-0.05, 0) is 60.9 Å². The van der Waals surface area contributed by atoms with Gasteiger partial charge in [0, 0.05) is 5.92 Å². The van der Waals surface area contributed by atoms with E-state index in [9.17, 15) is 4.79 Å². The highest BCUT2D eigenvalue weighted by molar-refractivity contribution is 5.85. The van der Waals surface area contributed by atoms with Gasteiger partial charge in [-0.2, -0.15) is 0 Å². The monoisotopic (exact) mass is 366 g/mol. The molecule has 25 heavy (non-hydrogen) atoms. The molecule has 1 spiro atoms. The van der Waals surface area contributed by atoms with Crippen LogP contribution in [0.4, 0.5) is 0 Å². The van der Waals surface area contributed by atoms with Crippen molar-refractivity contribution in [1.82, 2.24) is 10.6 Å². The van der Waals surface area contributed by atoms with Crippen molar-refractivity contribution in [2.75, 3.05) is 26.2 Å². The zero-order valence-corrected chi connectivity index (χ0v) is 16.4. The van der Waals surface area contributed by atoms with Crippen LogP contribution in [0, 0.1) is 11.3 Å². The Bertz CT molecular complexity index is 574. The average Bonchev–Trinajstić information content (AvgIpc) is 3.25. The maximum atomic E-state index is 12.3. The van der Waals surface area contributed by atoms with Crippen LogP contribution in [0.5, 0.6) is 5.75 Å². The fourth-order valence-electron chi connectivity index (χ4n) is 3.71. The van der Waals surface area contributed by atoms with Crippen molar-refractivity contribution in [2.45, 2.75) is 45.4 Å². The molecule has 3 rings (SSSR count). The van der Waals surface area contributed by atoms with Gasteiger partial charge in [-0.15, -0.1) is 12.4 Å². The first-order valence-corrected chi connectivity index (χ1v) is 9.13. The Labute approximate surface area is 157 Å². The third-order valence-electron chi connectivity index (χ3n) is 5.50. The van der Waals surface area contributed by atoms with E-state index in [1.807, 2.05) is 12.1 Å². The maximum Gasteiger partial charge on any atom is 0.223 e. The standard InChI is InChI=1S/C20H30N2O2.ClH/c1-19(2,3)15-4-6-16(7-5-15)24-13-12-22-18(23)17-14-20(17)8-10-21-11-9-20;/h4-7,17,21H,8-14H2,1-3H3,(H,22,23);1H. The van der Waals surface area contributed by atoms with Gasteiger partial charge in [0.1, 0.15) is 12.4 Å². The first kappa shape index (κ1) is 20.1. The second-order valence-electron chi connectivity index (χ2n) is 8.28. The number of hydrogen-bond acceptors (Lipinski definition) is 3. The van der Waals surface area contributed by atoms with E-state index in [1.165, 1.54) is 5.56 Å². The van der Waals surface area contributed by atoms with E-state index >= 15 is 0 Å². The zero-order chi connectivity index (χ0) is 17.2. The fraction of sp³-hybridized carbons (Fsp3) is 0.650. The molecule has 0 aromatic heterocycles. The maximum absolute atomic E-state index is 12.3. The molecule has 1 aliphatic carbocycles. The van der Waals surface area contributed by atoms with Crippen LogP contribution < -0.4 is 15.4 Å². The van der Waals surface area contributed by atoms with Crippen LogP contribution in [0.1, 0.15) is 45.6 Å². The Morgan fingerprint density at radius 2 is 1.88 bits per heavy atom. The van der Waals surface area contributed by atoms with Crippen LogP contribution in [0.2, 0.25) is 0 Å². The van der Waals surface area contributed by atoms with Gasteiger partial charge in [-0.1, -0.05) is 32.9 Å². The number of hydrogen-bond donors (Lipinski definition) is 2. The molecule has 1 aliphatic heterocycles. The minimum Gasteiger partial charge on any atom is -0.492 e. The molecule has 2 fully saturated rings. The van der Waals surface area contributed by atoms with Gasteiger partial charge >= 0.3 is 0 Å². The number of piperidine rings is 1. The summed E-state index contributed by atoms with van der Waals surface area (Å²) in [5.41, 5.74) is 1.75. The molecule has 1 saturated heterocycles. The minimum atomic E-state index is 0. The molecule has 140 valence electrons. The Hall–Kier alpha value is -1.26. The van der Waals surface area contributed by atoms with Gasteiger partial charge in [-0.3, -0.25) is 4.79 Å². The van der Waals surface area contributed by atoms with Crippen molar-refractivity contribution in [3.63, 3.8) is 0 Å². The topological polar surface area (TPSA) is 50.4 Å². The second kappa shape index (κ2) is 7.96. The van der Waals surface area contributed by atoms with Gasteiger partial charge in [0.2, 0.25) is 5.91 Å². The molecule has 1 saturated carbocycles. The number of carbonyl (C=O) groups is 1. The number of halogens is 1. The van der Waals surface area contributed by atoms with Crippen LogP contribution in [0.15, 0.2) is 24.3 Å². The van der Waals surface area contributed by atoms with E-state index < -0.39 is 0 Å². The van der Waals surface area contributed by atoms with Crippen molar-refractivity contribution in [3.05, 3.63) is 29.8 Å². The summed E-state index contributed by atoms with van der Waals surface area (Å²) in [6.45, 7) is 9.80. The summed E-state index contributed by atoms with van der Waals surface area (Å²) in [5.74, 6) is 1.30. The van der Waals surface area contributed by atoms with Gasteiger partial charge in [0.15, 0.2) is 0 Å². The summed E-state index contributed by atoms with van der Waals surface area (Å²) in [7, 11) is 0. The average molecular weight is 367 g/mol. The van der Waals surface area contributed by atoms with Crippen molar-refractivity contribution in [1.29, 1.82) is 0 Å². The molecular weight excluding hydrogens is 336 g/mol. The quantitative estimate of drug-likeness (QED) is 0.786. The van der Waals surface area contributed by atoms with E-state index in [4.69, 9.17) is 4.74 Å². The summed E-state index contributed by atoms with van der Waals surface area (Å²) in [6, 6.07) is 8.23. The molecule has 0 bridgehead atoms. The molecule has 0 radical (unpaired) electrons. The van der Waals surface area contributed by atoms with Crippen molar-refractivity contribution >= 4 is 18.3 Å². The minimum absolute atomic E-state index is 0. The molecule has 1 aromatic rings. The Kier molecular flexibility index (Phi) is 6.39. The highest BCUT2D eigenvalue weighted by Gasteiger charge is 2.57. The molecule has 4 nitrogen and oxygen atoms in total. The van der Waals surface area contributed by atoms with Crippen LogP contribution in [0.3, 0.4) is 0 Å².